The van der Waals surface area contributed by atoms with Crippen molar-refractivity contribution in [2.45, 2.75) is 26.8 Å². The number of amides is 1. The van der Waals surface area contributed by atoms with Crippen molar-refractivity contribution in [3.63, 3.8) is 0 Å². The highest BCUT2D eigenvalue weighted by molar-refractivity contribution is 7.17. The highest BCUT2D eigenvalue weighted by atomic mass is 35.5. The molecule has 0 aliphatic carbocycles. The van der Waals surface area contributed by atoms with E-state index in [9.17, 15) is 9.59 Å². The average Bonchev–Trinajstić information content (AvgIpc) is 2.67. The highest BCUT2D eigenvalue weighted by Gasteiger charge is 2.31. The predicted molar refractivity (Wildman–Crippen MR) is 77.4 cm³/mol. The first-order valence-corrected chi connectivity index (χ1v) is 6.86. The minimum Gasteiger partial charge on any atom is -0.480 e. The molecular weight excluding hydrogens is 286 g/mol. The number of halogens is 1. The summed E-state index contributed by atoms with van der Waals surface area (Å²) < 4.78 is 0.637. The van der Waals surface area contributed by atoms with Crippen molar-refractivity contribution in [1.29, 1.82) is 0 Å². The molecule has 1 aromatic heterocycles. The van der Waals surface area contributed by atoms with Crippen LogP contribution in [0.2, 0.25) is 4.34 Å². The summed E-state index contributed by atoms with van der Waals surface area (Å²) in [5, 5.41) is 11.6. The van der Waals surface area contributed by atoms with Gasteiger partial charge in [-0.3, -0.25) is 4.79 Å². The Bertz CT molecular complexity index is 502. The molecule has 1 rings (SSSR count). The Balaban J connectivity index is 2.68. The SMILES string of the molecule is CC(C)(C)[C@@H](NC(=O)/C=C/c1ccc(Cl)s1)C(=O)O. The average molecular weight is 302 g/mol. The Morgan fingerprint density at radius 3 is 2.47 bits per heavy atom. The number of rotatable bonds is 4. The zero-order valence-corrected chi connectivity index (χ0v) is 12.5. The lowest BCUT2D eigenvalue weighted by atomic mass is 9.87. The number of carboxylic acids is 1. The number of hydrogen-bond acceptors (Lipinski definition) is 3. The molecule has 19 heavy (non-hydrogen) atoms. The molecular formula is C13H16ClNO3S. The number of carbonyl (C=O) groups is 2. The van der Waals surface area contributed by atoms with Crippen LogP contribution in [0.1, 0.15) is 25.6 Å². The minimum absolute atomic E-state index is 0.438. The lowest BCUT2D eigenvalue weighted by Crippen LogP contribution is -2.48. The van der Waals surface area contributed by atoms with E-state index in [0.717, 1.165) is 4.88 Å². The number of thiophene rings is 1. The van der Waals surface area contributed by atoms with Gasteiger partial charge in [-0.2, -0.15) is 0 Å². The standard InChI is InChI=1S/C13H16ClNO3S/c1-13(2,3)11(12(17)18)15-10(16)7-5-8-4-6-9(14)19-8/h4-7,11H,1-3H3,(H,15,16)(H,17,18)/b7-5+/t11-/m0/s1. The third-order valence-corrected chi connectivity index (χ3v) is 3.59. The summed E-state index contributed by atoms with van der Waals surface area (Å²) in [6.07, 6.45) is 2.91. The maximum atomic E-state index is 11.7. The number of hydrogen-bond donors (Lipinski definition) is 2. The summed E-state index contributed by atoms with van der Waals surface area (Å²) in [5.41, 5.74) is -0.554. The van der Waals surface area contributed by atoms with Gasteiger partial charge >= 0.3 is 5.97 Å². The number of carboxylic acid groups (broad SMARTS) is 1. The summed E-state index contributed by atoms with van der Waals surface area (Å²) in [6, 6.07) is 2.59. The molecule has 4 nitrogen and oxygen atoms in total. The van der Waals surface area contributed by atoms with Crippen LogP contribution in [-0.2, 0) is 9.59 Å². The Morgan fingerprint density at radius 1 is 1.42 bits per heavy atom. The van der Waals surface area contributed by atoms with Gasteiger partial charge in [-0.05, 0) is 23.6 Å². The third-order valence-electron chi connectivity index (χ3n) is 2.39. The quantitative estimate of drug-likeness (QED) is 0.840. The summed E-state index contributed by atoms with van der Waals surface area (Å²) in [5.74, 6) is -1.49. The topological polar surface area (TPSA) is 66.4 Å². The van der Waals surface area contributed by atoms with E-state index in [0.29, 0.717) is 4.34 Å². The Kier molecular flexibility index (Phi) is 5.14. The van der Waals surface area contributed by atoms with Crippen LogP contribution in [-0.4, -0.2) is 23.0 Å². The van der Waals surface area contributed by atoms with Crippen molar-refractivity contribution in [2.24, 2.45) is 5.41 Å². The van der Waals surface area contributed by atoms with E-state index in [-0.39, 0.29) is 0 Å². The second-order valence-electron chi connectivity index (χ2n) is 5.12. The molecule has 0 aliphatic rings. The first kappa shape index (κ1) is 15.7. The van der Waals surface area contributed by atoms with Crippen LogP contribution >= 0.6 is 22.9 Å². The van der Waals surface area contributed by atoms with Crippen LogP contribution in [0.25, 0.3) is 6.08 Å². The maximum Gasteiger partial charge on any atom is 0.326 e. The molecule has 0 radical (unpaired) electrons. The van der Waals surface area contributed by atoms with E-state index in [1.807, 2.05) is 0 Å². The van der Waals surface area contributed by atoms with Gasteiger partial charge in [-0.15, -0.1) is 11.3 Å². The van der Waals surface area contributed by atoms with Crippen molar-refractivity contribution in [2.75, 3.05) is 0 Å². The molecule has 0 fully saturated rings. The maximum absolute atomic E-state index is 11.7. The lowest BCUT2D eigenvalue weighted by molar-refractivity contribution is -0.144. The van der Waals surface area contributed by atoms with Gasteiger partial charge in [0.15, 0.2) is 0 Å². The van der Waals surface area contributed by atoms with Crippen LogP contribution in [0.4, 0.5) is 0 Å². The van der Waals surface area contributed by atoms with E-state index in [2.05, 4.69) is 5.32 Å². The molecule has 1 heterocycles. The minimum atomic E-state index is -1.05. The summed E-state index contributed by atoms with van der Waals surface area (Å²) in [7, 11) is 0. The van der Waals surface area contributed by atoms with E-state index in [1.54, 1.807) is 39.0 Å². The van der Waals surface area contributed by atoms with E-state index < -0.39 is 23.3 Å². The largest absolute Gasteiger partial charge is 0.480 e. The Hall–Kier alpha value is -1.33. The monoisotopic (exact) mass is 301 g/mol. The molecule has 104 valence electrons. The normalized spacial score (nSPS) is 13.5. The molecule has 6 heteroatoms. The fourth-order valence-corrected chi connectivity index (χ4v) is 2.38. The molecule has 2 N–H and O–H groups in total. The van der Waals surface area contributed by atoms with Crippen molar-refractivity contribution in [1.82, 2.24) is 5.32 Å². The van der Waals surface area contributed by atoms with Gasteiger partial charge in [0, 0.05) is 11.0 Å². The fourth-order valence-electron chi connectivity index (χ4n) is 1.41. The van der Waals surface area contributed by atoms with E-state index in [4.69, 9.17) is 16.7 Å². The molecule has 0 unspecified atom stereocenters. The summed E-state index contributed by atoms with van der Waals surface area (Å²) in [6.45, 7) is 5.28. The molecule has 1 atom stereocenters. The second kappa shape index (κ2) is 6.21. The summed E-state index contributed by atoms with van der Waals surface area (Å²) >= 11 is 7.11. The fraction of sp³-hybridized carbons (Fsp3) is 0.385. The Labute approximate surface area is 121 Å². The van der Waals surface area contributed by atoms with Gasteiger partial charge in [0.2, 0.25) is 5.91 Å². The zero-order chi connectivity index (χ0) is 14.6. The molecule has 0 aromatic carbocycles. The molecule has 0 aliphatic heterocycles. The van der Waals surface area contributed by atoms with Crippen LogP contribution < -0.4 is 5.32 Å². The van der Waals surface area contributed by atoms with Gasteiger partial charge in [0.05, 0.1) is 4.34 Å². The first-order chi connectivity index (χ1) is 8.70. The van der Waals surface area contributed by atoms with Crippen molar-refractivity contribution in [3.05, 3.63) is 27.4 Å². The van der Waals surface area contributed by atoms with Crippen LogP contribution in [0.15, 0.2) is 18.2 Å². The predicted octanol–water partition coefficient (Wildman–Crippen LogP) is 3.03. The van der Waals surface area contributed by atoms with Crippen LogP contribution in [0, 0.1) is 5.41 Å². The zero-order valence-electron chi connectivity index (χ0n) is 10.9. The number of aliphatic carboxylic acids is 1. The van der Waals surface area contributed by atoms with Crippen molar-refractivity contribution >= 4 is 40.9 Å². The number of nitrogens with one attached hydrogen (secondary N) is 1. The number of carbonyl (C=O) groups excluding carboxylic acids is 1. The molecule has 1 amide bonds. The van der Waals surface area contributed by atoms with E-state index in [1.165, 1.54) is 17.4 Å². The molecule has 0 spiro atoms. The second-order valence-corrected chi connectivity index (χ2v) is 6.87. The van der Waals surface area contributed by atoms with Crippen LogP contribution in [0.3, 0.4) is 0 Å². The van der Waals surface area contributed by atoms with Gasteiger partial charge in [0.1, 0.15) is 6.04 Å². The van der Waals surface area contributed by atoms with E-state index >= 15 is 0 Å². The van der Waals surface area contributed by atoms with Crippen molar-refractivity contribution in [3.8, 4) is 0 Å². The van der Waals surface area contributed by atoms with Gasteiger partial charge < -0.3 is 10.4 Å². The molecule has 0 saturated carbocycles. The molecule has 0 saturated heterocycles. The smallest absolute Gasteiger partial charge is 0.326 e. The first-order valence-electron chi connectivity index (χ1n) is 5.67. The molecule has 0 bridgehead atoms. The highest BCUT2D eigenvalue weighted by Crippen LogP contribution is 2.22. The Morgan fingerprint density at radius 2 is 2.05 bits per heavy atom. The summed E-state index contributed by atoms with van der Waals surface area (Å²) in [4.78, 5) is 23.6. The van der Waals surface area contributed by atoms with Crippen molar-refractivity contribution < 1.29 is 14.7 Å². The van der Waals surface area contributed by atoms with Gasteiger partial charge in [-0.25, -0.2) is 4.79 Å². The third kappa shape index (κ3) is 5.04. The lowest BCUT2D eigenvalue weighted by Gasteiger charge is -2.27. The van der Waals surface area contributed by atoms with Crippen LogP contribution in [0.5, 0.6) is 0 Å². The van der Waals surface area contributed by atoms with Gasteiger partial charge in [0.25, 0.3) is 0 Å². The molecule has 1 aromatic rings. The van der Waals surface area contributed by atoms with Gasteiger partial charge in [-0.1, -0.05) is 32.4 Å².